The van der Waals surface area contributed by atoms with Gasteiger partial charge < -0.3 is 10.3 Å². The highest BCUT2D eigenvalue weighted by atomic mass is 35.5. The third kappa shape index (κ3) is 4.44. The molecule has 0 spiro atoms. The molecule has 1 heterocycles. The monoisotopic (exact) mass is 322 g/mol. The number of nitrogens with one attached hydrogen (secondary N) is 1. The summed E-state index contributed by atoms with van der Waals surface area (Å²) < 4.78 is 28.4. The number of hydrogen-bond acceptors (Lipinski definition) is 4. The molecule has 8 heteroatoms. The van der Waals surface area contributed by atoms with Crippen LogP contribution in [0.1, 0.15) is 38.5 Å². The Morgan fingerprint density at radius 2 is 1.95 bits per heavy atom. The molecule has 6 nitrogen and oxygen atoms in total. The average molecular weight is 323 g/mol. The molecule has 1 aromatic rings. The van der Waals surface area contributed by atoms with Crippen molar-refractivity contribution in [2.75, 3.05) is 6.54 Å². The predicted molar refractivity (Wildman–Crippen MR) is 80.3 cm³/mol. The van der Waals surface area contributed by atoms with Gasteiger partial charge in [-0.15, -0.1) is 12.4 Å². The van der Waals surface area contributed by atoms with Gasteiger partial charge in [-0.05, 0) is 12.8 Å². The largest absolute Gasteiger partial charge is 0.339 e. The third-order valence-corrected chi connectivity index (χ3v) is 4.96. The summed E-state index contributed by atoms with van der Waals surface area (Å²) in [6.07, 6.45) is 9.22. The van der Waals surface area contributed by atoms with Crippen LogP contribution < -0.4 is 10.5 Å². The Labute approximate surface area is 126 Å². The molecule has 20 heavy (non-hydrogen) atoms. The first-order valence-corrected chi connectivity index (χ1v) is 8.16. The zero-order valence-electron chi connectivity index (χ0n) is 11.7. The first-order chi connectivity index (χ1) is 8.91. The zero-order chi connectivity index (χ0) is 13.9. The number of rotatable bonds is 4. The van der Waals surface area contributed by atoms with Crippen molar-refractivity contribution in [1.82, 2.24) is 14.3 Å². The second kappa shape index (κ2) is 6.89. The highest BCUT2D eigenvalue weighted by Crippen LogP contribution is 2.24. The smallest absolute Gasteiger partial charge is 0.259 e. The van der Waals surface area contributed by atoms with Crippen LogP contribution >= 0.6 is 12.4 Å². The van der Waals surface area contributed by atoms with E-state index in [9.17, 15) is 8.42 Å². The fourth-order valence-corrected chi connectivity index (χ4v) is 3.57. The van der Waals surface area contributed by atoms with Crippen LogP contribution in [-0.2, 0) is 17.1 Å². The maximum Gasteiger partial charge on any atom is 0.259 e. The molecule has 1 aliphatic rings. The standard InChI is InChI=1S/C12H22N4O2S.ClH/c1-16-8-11(14-10-16)19(17,18)15-9-12(13)6-4-2-3-5-7-12;/h8,10,15H,2-7,9,13H2,1H3;1H. The van der Waals surface area contributed by atoms with Gasteiger partial charge in [0.15, 0.2) is 5.03 Å². The Bertz CT molecular complexity index is 521. The van der Waals surface area contributed by atoms with Crippen molar-refractivity contribution in [3.05, 3.63) is 12.5 Å². The second-order valence-electron chi connectivity index (χ2n) is 5.48. The maximum atomic E-state index is 12.1. The topological polar surface area (TPSA) is 90.0 Å². The van der Waals surface area contributed by atoms with E-state index in [1.54, 1.807) is 11.6 Å². The van der Waals surface area contributed by atoms with E-state index in [1.165, 1.54) is 25.4 Å². The molecule has 0 bridgehead atoms. The SMILES string of the molecule is Cl.Cn1cnc(S(=O)(=O)NCC2(N)CCCCCC2)c1. The number of aryl methyl sites for hydroxylation is 1. The van der Waals surface area contributed by atoms with Crippen molar-refractivity contribution >= 4 is 22.4 Å². The number of aromatic nitrogens is 2. The minimum atomic E-state index is -3.55. The number of sulfonamides is 1. The van der Waals surface area contributed by atoms with Crippen LogP contribution in [0.25, 0.3) is 0 Å². The summed E-state index contributed by atoms with van der Waals surface area (Å²) in [6.45, 7) is 0.284. The van der Waals surface area contributed by atoms with Crippen molar-refractivity contribution in [3.63, 3.8) is 0 Å². The molecule has 1 fully saturated rings. The minimum absolute atomic E-state index is 0. The summed E-state index contributed by atoms with van der Waals surface area (Å²) in [5, 5.41) is 0.0484. The minimum Gasteiger partial charge on any atom is -0.339 e. The number of halogens is 1. The van der Waals surface area contributed by atoms with E-state index in [0.29, 0.717) is 0 Å². The fourth-order valence-electron chi connectivity index (χ4n) is 2.45. The van der Waals surface area contributed by atoms with Crippen LogP contribution in [0.15, 0.2) is 17.6 Å². The lowest BCUT2D eigenvalue weighted by molar-refractivity contribution is 0.369. The van der Waals surface area contributed by atoms with E-state index in [2.05, 4.69) is 9.71 Å². The fraction of sp³-hybridized carbons (Fsp3) is 0.750. The van der Waals surface area contributed by atoms with Crippen molar-refractivity contribution in [2.24, 2.45) is 12.8 Å². The molecule has 1 aromatic heterocycles. The van der Waals surface area contributed by atoms with Crippen molar-refractivity contribution in [2.45, 2.75) is 49.1 Å². The van der Waals surface area contributed by atoms with Crippen molar-refractivity contribution < 1.29 is 8.42 Å². The van der Waals surface area contributed by atoms with Gasteiger partial charge in [0.05, 0.1) is 6.33 Å². The molecule has 2 rings (SSSR count). The van der Waals surface area contributed by atoms with E-state index < -0.39 is 15.6 Å². The summed E-state index contributed by atoms with van der Waals surface area (Å²) in [6, 6.07) is 0. The molecule has 0 aliphatic heterocycles. The summed E-state index contributed by atoms with van der Waals surface area (Å²) in [4.78, 5) is 3.86. The zero-order valence-corrected chi connectivity index (χ0v) is 13.3. The molecule has 0 atom stereocenters. The van der Waals surface area contributed by atoms with Crippen molar-refractivity contribution in [1.29, 1.82) is 0 Å². The van der Waals surface area contributed by atoms with Crippen LogP contribution in [0.2, 0.25) is 0 Å². The Hall–Kier alpha value is -0.630. The number of nitrogens with zero attached hydrogens (tertiary/aromatic N) is 2. The molecule has 0 unspecified atom stereocenters. The van der Waals surface area contributed by atoms with Gasteiger partial charge >= 0.3 is 0 Å². The number of hydrogen-bond donors (Lipinski definition) is 2. The molecule has 0 radical (unpaired) electrons. The molecule has 0 saturated heterocycles. The number of imidazole rings is 1. The van der Waals surface area contributed by atoms with Gasteiger partial charge in [-0.1, -0.05) is 25.7 Å². The van der Waals surface area contributed by atoms with E-state index >= 15 is 0 Å². The van der Waals surface area contributed by atoms with Gasteiger partial charge in [0.25, 0.3) is 10.0 Å². The Kier molecular flexibility index (Phi) is 6.00. The quantitative estimate of drug-likeness (QED) is 0.814. The van der Waals surface area contributed by atoms with Crippen LogP contribution in [0.3, 0.4) is 0 Å². The summed E-state index contributed by atoms with van der Waals surface area (Å²) in [5.41, 5.74) is 5.88. The van der Waals surface area contributed by atoms with Gasteiger partial charge in [0, 0.05) is 25.3 Å². The van der Waals surface area contributed by atoms with E-state index in [4.69, 9.17) is 5.73 Å². The highest BCUT2D eigenvalue weighted by molar-refractivity contribution is 7.89. The Balaban J connectivity index is 0.00000200. The van der Waals surface area contributed by atoms with Gasteiger partial charge in [0.1, 0.15) is 0 Å². The highest BCUT2D eigenvalue weighted by Gasteiger charge is 2.28. The first-order valence-electron chi connectivity index (χ1n) is 6.68. The van der Waals surface area contributed by atoms with E-state index in [0.717, 1.165) is 25.7 Å². The van der Waals surface area contributed by atoms with E-state index in [1.807, 2.05) is 0 Å². The van der Waals surface area contributed by atoms with Gasteiger partial charge in [-0.3, -0.25) is 0 Å². The van der Waals surface area contributed by atoms with Gasteiger partial charge in [0.2, 0.25) is 0 Å². The van der Waals surface area contributed by atoms with Gasteiger partial charge in [-0.25, -0.2) is 18.1 Å². The van der Waals surface area contributed by atoms with E-state index in [-0.39, 0.29) is 24.0 Å². The lowest BCUT2D eigenvalue weighted by Crippen LogP contribution is -2.49. The lowest BCUT2D eigenvalue weighted by atomic mass is 9.92. The molecule has 116 valence electrons. The van der Waals surface area contributed by atoms with Crippen LogP contribution in [0, 0.1) is 0 Å². The molecule has 1 saturated carbocycles. The summed E-state index contributed by atoms with van der Waals surface area (Å²) in [5.74, 6) is 0. The molecule has 3 N–H and O–H groups in total. The maximum absolute atomic E-state index is 12.1. The van der Waals surface area contributed by atoms with Gasteiger partial charge in [-0.2, -0.15) is 0 Å². The Morgan fingerprint density at radius 3 is 2.45 bits per heavy atom. The third-order valence-electron chi connectivity index (χ3n) is 3.67. The molecule has 0 aromatic carbocycles. The molecule has 1 aliphatic carbocycles. The molecular formula is C12H23ClN4O2S. The number of nitrogens with two attached hydrogens (primary N) is 1. The first kappa shape index (κ1) is 17.4. The van der Waals surface area contributed by atoms with Crippen LogP contribution in [0.5, 0.6) is 0 Å². The summed E-state index contributed by atoms with van der Waals surface area (Å²) in [7, 11) is -1.81. The lowest BCUT2D eigenvalue weighted by Gasteiger charge is -2.27. The average Bonchev–Trinajstić information content (AvgIpc) is 2.68. The Morgan fingerprint density at radius 1 is 1.35 bits per heavy atom. The predicted octanol–water partition coefficient (Wildman–Crippen LogP) is 1.17. The normalized spacial score (nSPS) is 19.1. The van der Waals surface area contributed by atoms with Crippen LogP contribution in [0.4, 0.5) is 0 Å². The molecular weight excluding hydrogens is 300 g/mol. The van der Waals surface area contributed by atoms with Crippen LogP contribution in [-0.4, -0.2) is 30.1 Å². The van der Waals surface area contributed by atoms with Crippen molar-refractivity contribution in [3.8, 4) is 0 Å². The summed E-state index contributed by atoms with van der Waals surface area (Å²) >= 11 is 0. The second-order valence-corrected chi connectivity index (χ2v) is 7.19. The molecule has 0 amide bonds.